The fraction of sp³-hybridized carbons (Fsp3) is 0.818. The average Bonchev–Trinajstić information content (AvgIpc) is 2.12. The van der Waals surface area contributed by atoms with E-state index in [2.05, 4.69) is 6.92 Å². The Hall–Kier alpha value is -0.530. The van der Waals surface area contributed by atoms with E-state index < -0.39 is 5.41 Å². The third-order valence-corrected chi connectivity index (χ3v) is 2.33. The SMILES string of the molecule is [CH2]C(CC)(CC)C(=O)OCC(C)C. The maximum atomic E-state index is 11.5. The molecule has 0 heterocycles. The van der Waals surface area contributed by atoms with E-state index in [9.17, 15) is 4.79 Å². The highest BCUT2D eigenvalue weighted by molar-refractivity contribution is 5.77. The topological polar surface area (TPSA) is 26.3 Å². The first-order valence-corrected chi connectivity index (χ1v) is 4.98. The summed E-state index contributed by atoms with van der Waals surface area (Å²) in [7, 11) is 0. The van der Waals surface area contributed by atoms with Crippen LogP contribution in [0.1, 0.15) is 40.5 Å². The number of esters is 1. The zero-order chi connectivity index (χ0) is 10.5. The summed E-state index contributed by atoms with van der Waals surface area (Å²) in [5.41, 5.74) is -0.533. The molecule has 0 aliphatic rings. The van der Waals surface area contributed by atoms with Crippen LogP contribution in [0, 0.1) is 18.3 Å². The first-order valence-electron chi connectivity index (χ1n) is 4.98. The van der Waals surface area contributed by atoms with Crippen molar-refractivity contribution in [1.82, 2.24) is 0 Å². The molecule has 0 atom stereocenters. The van der Waals surface area contributed by atoms with E-state index in [1.165, 1.54) is 0 Å². The van der Waals surface area contributed by atoms with Crippen LogP contribution < -0.4 is 0 Å². The standard InChI is InChI=1S/C11H21O2/c1-6-11(5,7-2)10(12)13-8-9(3)4/h9H,5-8H2,1-4H3. The second-order valence-corrected chi connectivity index (χ2v) is 3.98. The zero-order valence-corrected chi connectivity index (χ0v) is 9.22. The van der Waals surface area contributed by atoms with Crippen LogP contribution in [0.4, 0.5) is 0 Å². The van der Waals surface area contributed by atoms with Crippen molar-refractivity contribution in [1.29, 1.82) is 0 Å². The third-order valence-electron chi connectivity index (χ3n) is 2.33. The van der Waals surface area contributed by atoms with Crippen molar-refractivity contribution in [2.45, 2.75) is 40.5 Å². The molecule has 0 aromatic heterocycles. The molecule has 0 N–H and O–H groups in total. The van der Waals surface area contributed by atoms with Gasteiger partial charge in [-0.25, -0.2) is 0 Å². The fourth-order valence-corrected chi connectivity index (χ4v) is 0.934. The van der Waals surface area contributed by atoms with E-state index in [1.807, 2.05) is 27.7 Å². The van der Waals surface area contributed by atoms with Crippen molar-refractivity contribution in [3.8, 4) is 0 Å². The summed E-state index contributed by atoms with van der Waals surface area (Å²) in [6.45, 7) is 12.4. The van der Waals surface area contributed by atoms with Crippen LogP contribution in [0.15, 0.2) is 0 Å². The van der Waals surface area contributed by atoms with Crippen molar-refractivity contribution in [3.05, 3.63) is 6.92 Å². The van der Waals surface area contributed by atoms with Crippen molar-refractivity contribution < 1.29 is 9.53 Å². The largest absolute Gasteiger partial charge is 0.465 e. The Balaban J connectivity index is 4.07. The molecule has 2 nitrogen and oxygen atoms in total. The summed E-state index contributed by atoms with van der Waals surface area (Å²) in [5.74, 6) is 0.230. The maximum absolute atomic E-state index is 11.5. The summed E-state index contributed by atoms with van der Waals surface area (Å²) in [6.07, 6.45) is 1.47. The molecule has 0 aromatic carbocycles. The van der Waals surface area contributed by atoms with Gasteiger partial charge in [0.05, 0.1) is 12.0 Å². The fourth-order valence-electron chi connectivity index (χ4n) is 0.934. The normalized spacial score (nSPS) is 11.8. The van der Waals surface area contributed by atoms with E-state index in [0.717, 1.165) is 12.8 Å². The lowest BCUT2D eigenvalue weighted by Gasteiger charge is -2.24. The van der Waals surface area contributed by atoms with Gasteiger partial charge in [0.25, 0.3) is 0 Å². The molecule has 77 valence electrons. The Morgan fingerprint density at radius 3 is 2.15 bits per heavy atom. The lowest BCUT2D eigenvalue weighted by molar-refractivity contribution is -0.154. The first-order chi connectivity index (χ1) is 5.96. The molecular formula is C11H21O2. The van der Waals surface area contributed by atoms with E-state index in [0.29, 0.717) is 12.5 Å². The van der Waals surface area contributed by atoms with Crippen molar-refractivity contribution in [3.63, 3.8) is 0 Å². The van der Waals surface area contributed by atoms with Gasteiger partial charge in [0.15, 0.2) is 0 Å². The molecule has 0 rings (SSSR count). The van der Waals surface area contributed by atoms with Gasteiger partial charge in [-0.1, -0.05) is 27.7 Å². The van der Waals surface area contributed by atoms with E-state index in [4.69, 9.17) is 4.74 Å². The Morgan fingerprint density at radius 1 is 1.38 bits per heavy atom. The molecule has 0 aromatic rings. The molecule has 13 heavy (non-hydrogen) atoms. The number of ether oxygens (including phenoxy) is 1. The second kappa shape index (κ2) is 5.25. The van der Waals surface area contributed by atoms with Gasteiger partial charge < -0.3 is 4.74 Å². The van der Waals surface area contributed by atoms with E-state index >= 15 is 0 Å². The van der Waals surface area contributed by atoms with Gasteiger partial charge in [0, 0.05) is 0 Å². The third kappa shape index (κ3) is 3.79. The predicted octanol–water partition coefficient (Wildman–Crippen LogP) is 2.83. The monoisotopic (exact) mass is 185 g/mol. The number of hydrogen-bond acceptors (Lipinski definition) is 2. The predicted molar refractivity (Wildman–Crippen MR) is 54.2 cm³/mol. The summed E-state index contributed by atoms with van der Waals surface area (Å²) >= 11 is 0. The molecule has 0 saturated heterocycles. The van der Waals surface area contributed by atoms with Crippen LogP contribution in [-0.4, -0.2) is 12.6 Å². The summed E-state index contributed by atoms with van der Waals surface area (Å²) in [5, 5.41) is 0. The number of rotatable bonds is 5. The lowest BCUT2D eigenvalue weighted by Crippen LogP contribution is -2.29. The zero-order valence-electron chi connectivity index (χ0n) is 9.22. The number of hydrogen-bond donors (Lipinski definition) is 0. The second-order valence-electron chi connectivity index (χ2n) is 3.98. The molecule has 0 fully saturated rings. The number of carbonyl (C=O) groups is 1. The minimum absolute atomic E-state index is 0.161. The van der Waals surface area contributed by atoms with Crippen molar-refractivity contribution in [2.24, 2.45) is 11.3 Å². The molecule has 0 amide bonds. The highest BCUT2D eigenvalue weighted by atomic mass is 16.5. The van der Waals surface area contributed by atoms with Crippen LogP contribution in [0.25, 0.3) is 0 Å². The van der Waals surface area contributed by atoms with E-state index in [1.54, 1.807) is 0 Å². The Morgan fingerprint density at radius 2 is 1.85 bits per heavy atom. The number of carbonyl (C=O) groups excluding carboxylic acids is 1. The van der Waals surface area contributed by atoms with Crippen LogP contribution in [0.2, 0.25) is 0 Å². The average molecular weight is 185 g/mol. The van der Waals surface area contributed by atoms with Crippen molar-refractivity contribution >= 4 is 5.97 Å². The van der Waals surface area contributed by atoms with Gasteiger partial charge >= 0.3 is 5.97 Å². The van der Waals surface area contributed by atoms with Gasteiger partial charge in [0.2, 0.25) is 0 Å². The Kier molecular flexibility index (Phi) is 5.04. The minimum Gasteiger partial charge on any atom is -0.465 e. The highest BCUT2D eigenvalue weighted by Crippen LogP contribution is 2.26. The molecule has 0 unspecified atom stereocenters. The molecule has 0 spiro atoms. The maximum Gasteiger partial charge on any atom is 0.312 e. The molecule has 1 radical (unpaired) electrons. The lowest BCUT2D eigenvalue weighted by atomic mass is 9.85. The van der Waals surface area contributed by atoms with Crippen LogP contribution >= 0.6 is 0 Å². The summed E-state index contributed by atoms with van der Waals surface area (Å²) < 4.78 is 5.15. The van der Waals surface area contributed by atoms with Gasteiger partial charge in [-0.15, -0.1) is 0 Å². The quantitative estimate of drug-likeness (QED) is 0.616. The van der Waals surface area contributed by atoms with Crippen LogP contribution in [-0.2, 0) is 9.53 Å². The highest BCUT2D eigenvalue weighted by Gasteiger charge is 2.30. The van der Waals surface area contributed by atoms with Crippen LogP contribution in [0.3, 0.4) is 0 Å². The van der Waals surface area contributed by atoms with Gasteiger partial charge in [0.1, 0.15) is 0 Å². The Bertz CT molecular complexity index is 157. The molecular weight excluding hydrogens is 164 g/mol. The smallest absolute Gasteiger partial charge is 0.312 e. The first kappa shape index (κ1) is 12.5. The van der Waals surface area contributed by atoms with Gasteiger partial charge in [-0.3, -0.25) is 4.79 Å². The molecule has 0 aliphatic heterocycles. The summed E-state index contributed by atoms with van der Waals surface area (Å²) in [4.78, 5) is 11.5. The van der Waals surface area contributed by atoms with Gasteiger partial charge in [-0.05, 0) is 25.7 Å². The molecule has 0 aliphatic carbocycles. The minimum atomic E-state index is -0.533. The van der Waals surface area contributed by atoms with E-state index in [-0.39, 0.29) is 5.97 Å². The van der Waals surface area contributed by atoms with Crippen LogP contribution in [0.5, 0.6) is 0 Å². The van der Waals surface area contributed by atoms with Gasteiger partial charge in [-0.2, -0.15) is 0 Å². The molecule has 0 saturated carbocycles. The Labute approximate surface area is 81.7 Å². The molecule has 0 bridgehead atoms. The molecule has 2 heteroatoms. The van der Waals surface area contributed by atoms with Crippen molar-refractivity contribution in [2.75, 3.05) is 6.61 Å². The summed E-state index contributed by atoms with van der Waals surface area (Å²) in [6, 6.07) is 0.